The van der Waals surface area contributed by atoms with E-state index < -0.39 is 19.8 Å². The van der Waals surface area contributed by atoms with Crippen LogP contribution in [-0.2, 0) is 9.53 Å². The van der Waals surface area contributed by atoms with E-state index in [2.05, 4.69) is 27.7 Å². The molecule has 0 atom stereocenters. The van der Waals surface area contributed by atoms with Gasteiger partial charge in [0, 0.05) is 6.42 Å². The monoisotopic (exact) mass is 436 g/mol. The molecule has 0 aromatic carbocycles. The fraction of sp³-hybridized carbons (Fsp3) is 0.950. The minimum atomic E-state index is -0.967. The van der Waals surface area contributed by atoms with E-state index in [4.69, 9.17) is 4.74 Å². The van der Waals surface area contributed by atoms with E-state index in [0.29, 0.717) is 13.0 Å². The first-order valence-electron chi connectivity index (χ1n) is 10.3. The van der Waals surface area contributed by atoms with Gasteiger partial charge in [0.15, 0.2) is 0 Å². The molecule has 2 nitrogen and oxygen atoms in total. The number of ether oxygens (including phenoxy) is 1. The summed E-state index contributed by atoms with van der Waals surface area (Å²) >= 11 is -0.967. The molecule has 0 N–H and O–H groups in total. The van der Waals surface area contributed by atoms with Crippen LogP contribution >= 0.6 is 0 Å². The number of esters is 1. The van der Waals surface area contributed by atoms with Crippen LogP contribution in [0.4, 0.5) is 0 Å². The van der Waals surface area contributed by atoms with Crippen molar-refractivity contribution in [3.05, 3.63) is 0 Å². The summed E-state index contributed by atoms with van der Waals surface area (Å²) < 4.78 is 9.83. The van der Waals surface area contributed by atoms with Crippen LogP contribution in [0, 0.1) is 0 Å². The zero-order valence-electron chi connectivity index (χ0n) is 16.8. The molecular weight excluding hydrogens is 391 g/mol. The molecular formula is C20H44O2Sn. The molecule has 0 aromatic heterocycles. The molecule has 0 unspecified atom stereocenters. The van der Waals surface area contributed by atoms with Gasteiger partial charge in [-0.05, 0) is 13.3 Å². The van der Waals surface area contributed by atoms with Crippen molar-refractivity contribution in [2.24, 2.45) is 0 Å². The van der Waals surface area contributed by atoms with E-state index in [0.717, 1.165) is 19.3 Å². The molecule has 3 heteroatoms. The van der Waals surface area contributed by atoms with Crippen molar-refractivity contribution in [1.29, 1.82) is 0 Å². The molecule has 0 amide bonds. The summed E-state index contributed by atoms with van der Waals surface area (Å²) in [6.07, 6.45) is 12.7. The van der Waals surface area contributed by atoms with Crippen LogP contribution in [0.15, 0.2) is 0 Å². The SMILES string of the molecule is CCCCCC(=O)OCC.CCC[CH2][SnH]([CH2]CCC)[CH2]CCC. The number of carbonyl (C=O) groups is 1. The standard InChI is InChI=1S/C8H16O2.3C4H9.Sn.H/c1-3-5-6-7-8(9)10-4-2;3*1-3-4-2;;/h3-7H2,1-2H3;3*1,3-4H2,2H3;;. The Morgan fingerprint density at radius 3 is 1.48 bits per heavy atom. The first-order valence-corrected chi connectivity index (χ1v) is 17.3. The van der Waals surface area contributed by atoms with Crippen molar-refractivity contribution in [2.75, 3.05) is 6.61 Å². The van der Waals surface area contributed by atoms with Gasteiger partial charge in [-0.1, -0.05) is 19.8 Å². The molecule has 0 aliphatic carbocycles. The Labute approximate surface area is 153 Å². The van der Waals surface area contributed by atoms with Crippen LogP contribution in [0.3, 0.4) is 0 Å². The number of hydrogen-bond donors (Lipinski definition) is 0. The normalized spacial score (nSPS) is 10.3. The van der Waals surface area contributed by atoms with Crippen molar-refractivity contribution < 1.29 is 9.53 Å². The van der Waals surface area contributed by atoms with Gasteiger partial charge >= 0.3 is 98.3 Å². The summed E-state index contributed by atoms with van der Waals surface area (Å²) in [6, 6.07) is 0. The molecule has 0 fully saturated rings. The Balaban J connectivity index is 0. The average Bonchev–Trinajstić information content (AvgIpc) is 2.55. The maximum atomic E-state index is 10.7. The van der Waals surface area contributed by atoms with Crippen molar-refractivity contribution in [2.45, 2.75) is 112 Å². The zero-order valence-corrected chi connectivity index (χ0v) is 20.1. The molecule has 0 radical (unpaired) electrons. The minimum absolute atomic E-state index is 0.0593. The molecule has 0 aromatic rings. The predicted molar refractivity (Wildman–Crippen MR) is 107 cm³/mol. The Morgan fingerprint density at radius 2 is 1.13 bits per heavy atom. The number of hydrogen-bond acceptors (Lipinski definition) is 2. The topological polar surface area (TPSA) is 26.3 Å². The number of carbonyl (C=O) groups excluding carboxylic acids is 1. The van der Waals surface area contributed by atoms with Gasteiger partial charge in [0.1, 0.15) is 0 Å². The second kappa shape index (κ2) is 22.3. The fourth-order valence-electron chi connectivity index (χ4n) is 2.66. The molecule has 0 bridgehead atoms. The number of rotatable bonds is 14. The Bertz CT molecular complexity index is 213. The Morgan fingerprint density at radius 1 is 0.696 bits per heavy atom. The van der Waals surface area contributed by atoms with Crippen molar-refractivity contribution in [3.63, 3.8) is 0 Å². The quantitative estimate of drug-likeness (QED) is 0.172. The van der Waals surface area contributed by atoms with Crippen molar-refractivity contribution in [1.82, 2.24) is 0 Å². The molecule has 0 aliphatic rings. The summed E-state index contributed by atoms with van der Waals surface area (Å²) in [5.41, 5.74) is 0. The summed E-state index contributed by atoms with van der Waals surface area (Å²) in [5, 5.41) is 0. The third-order valence-corrected chi connectivity index (χ3v) is 14.7. The van der Waals surface area contributed by atoms with Crippen LogP contribution in [-0.4, -0.2) is 32.3 Å². The molecule has 140 valence electrons. The Kier molecular flexibility index (Phi) is 24.7. The van der Waals surface area contributed by atoms with Gasteiger partial charge < -0.3 is 4.74 Å². The summed E-state index contributed by atoms with van der Waals surface area (Å²) in [5.74, 6) is -0.0593. The van der Waals surface area contributed by atoms with E-state index in [9.17, 15) is 4.79 Å². The van der Waals surface area contributed by atoms with Crippen molar-refractivity contribution >= 4 is 25.7 Å². The van der Waals surface area contributed by atoms with Gasteiger partial charge in [0.2, 0.25) is 0 Å². The van der Waals surface area contributed by atoms with Crippen LogP contribution in [0.2, 0.25) is 13.3 Å². The third-order valence-electron chi connectivity index (χ3n) is 4.19. The van der Waals surface area contributed by atoms with Gasteiger partial charge in [0.25, 0.3) is 0 Å². The van der Waals surface area contributed by atoms with Gasteiger partial charge in [-0.2, -0.15) is 0 Å². The summed E-state index contributed by atoms with van der Waals surface area (Å²) in [7, 11) is 0. The third kappa shape index (κ3) is 22.3. The first-order chi connectivity index (χ1) is 11.2. The maximum absolute atomic E-state index is 10.7. The molecule has 0 aliphatic heterocycles. The van der Waals surface area contributed by atoms with E-state index in [1.807, 2.05) is 6.92 Å². The van der Waals surface area contributed by atoms with Crippen LogP contribution in [0.5, 0.6) is 0 Å². The predicted octanol–water partition coefficient (Wildman–Crippen LogP) is 6.74. The van der Waals surface area contributed by atoms with Gasteiger partial charge in [-0.3, -0.25) is 4.79 Å². The Hall–Kier alpha value is 0.269. The fourth-order valence-corrected chi connectivity index (χ4v) is 13.6. The van der Waals surface area contributed by atoms with E-state index in [1.54, 1.807) is 13.3 Å². The first kappa shape index (κ1) is 25.5. The van der Waals surface area contributed by atoms with Crippen molar-refractivity contribution in [3.8, 4) is 0 Å². The molecule has 0 heterocycles. The van der Waals surface area contributed by atoms with E-state index >= 15 is 0 Å². The molecule has 0 saturated heterocycles. The van der Waals surface area contributed by atoms with Gasteiger partial charge in [-0.25, -0.2) is 0 Å². The molecule has 0 rings (SSSR count). The molecule has 0 saturated carbocycles. The van der Waals surface area contributed by atoms with E-state index in [-0.39, 0.29) is 5.97 Å². The second-order valence-electron chi connectivity index (χ2n) is 6.55. The summed E-state index contributed by atoms with van der Waals surface area (Å²) in [4.78, 5) is 10.7. The van der Waals surface area contributed by atoms with Gasteiger partial charge in [-0.15, -0.1) is 0 Å². The van der Waals surface area contributed by atoms with Crippen LogP contribution in [0.1, 0.15) is 98.8 Å². The molecule has 23 heavy (non-hydrogen) atoms. The number of unbranched alkanes of at least 4 members (excludes halogenated alkanes) is 5. The summed E-state index contributed by atoms with van der Waals surface area (Å²) in [6.45, 7) is 11.5. The van der Waals surface area contributed by atoms with Gasteiger partial charge in [0.05, 0.1) is 6.61 Å². The average molecular weight is 435 g/mol. The van der Waals surface area contributed by atoms with Crippen LogP contribution < -0.4 is 0 Å². The molecule has 0 spiro atoms. The second-order valence-corrected chi connectivity index (χ2v) is 16.4. The zero-order chi connectivity index (χ0) is 17.8. The van der Waals surface area contributed by atoms with Crippen LogP contribution in [0.25, 0.3) is 0 Å². The van der Waals surface area contributed by atoms with E-state index in [1.165, 1.54) is 38.5 Å².